The number of rotatable bonds is 7. The van der Waals surface area contributed by atoms with Crippen molar-refractivity contribution in [3.05, 3.63) is 65.2 Å². The lowest BCUT2D eigenvalue weighted by molar-refractivity contribution is -0.192. The number of aryl methyl sites for hydroxylation is 1. The number of hydrogen-bond acceptors (Lipinski definition) is 4. The summed E-state index contributed by atoms with van der Waals surface area (Å²) >= 11 is 0. The molecule has 214 valence electrons. The zero-order valence-corrected chi connectivity index (χ0v) is 22.8. The van der Waals surface area contributed by atoms with E-state index in [2.05, 4.69) is 47.1 Å². The lowest BCUT2D eigenvalue weighted by Gasteiger charge is -2.47. The first-order valence-corrected chi connectivity index (χ1v) is 13.7. The van der Waals surface area contributed by atoms with E-state index in [1.807, 2.05) is 25.1 Å². The Morgan fingerprint density at radius 2 is 1.49 bits per heavy atom. The molecule has 0 saturated carbocycles. The van der Waals surface area contributed by atoms with Crippen LogP contribution in [0.4, 0.5) is 13.2 Å². The van der Waals surface area contributed by atoms with Crippen LogP contribution in [0.5, 0.6) is 5.75 Å². The summed E-state index contributed by atoms with van der Waals surface area (Å²) in [7, 11) is 0. The predicted octanol–water partition coefficient (Wildman–Crippen LogP) is 6.19. The molecule has 0 atom stereocenters. The molecule has 0 aliphatic carbocycles. The number of likely N-dealkylation sites (tertiary alicyclic amines) is 2. The number of benzene rings is 2. The molecule has 2 heterocycles. The summed E-state index contributed by atoms with van der Waals surface area (Å²) < 4.78 is 37.5. The van der Waals surface area contributed by atoms with Crippen molar-refractivity contribution < 1.29 is 32.6 Å². The highest BCUT2D eigenvalue weighted by atomic mass is 19.4. The van der Waals surface area contributed by atoms with E-state index in [1.54, 1.807) is 0 Å². The third kappa shape index (κ3) is 8.71. The smallest absolute Gasteiger partial charge is 0.490 e. The normalized spacial score (nSPS) is 17.3. The van der Waals surface area contributed by atoms with E-state index in [0.29, 0.717) is 12.0 Å². The fourth-order valence-electron chi connectivity index (χ4n) is 5.33. The molecule has 6 nitrogen and oxygen atoms in total. The Morgan fingerprint density at radius 3 is 2.03 bits per heavy atom. The van der Waals surface area contributed by atoms with Crippen molar-refractivity contribution in [2.75, 3.05) is 32.8 Å². The Labute approximate surface area is 228 Å². The van der Waals surface area contributed by atoms with Crippen LogP contribution in [-0.2, 0) is 17.8 Å². The van der Waals surface area contributed by atoms with Gasteiger partial charge in [-0.15, -0.1) is 0 Å². The molecule has 2 aromatic rings. The Morgan fingerprint density at radius 1 is 0.923 bits per heavy atom. The third-order valence-corrected chi connectivity index (χ3v) is 7.68. The SMILES string of the molecule is CCCc1ccc(C(=O)N2CCC3(CCN(Cc4ccccc4OCC)CC3)CC2)cc1.O=C(O)C(F)(F)F. The van der Waals surface area contributed by atoms with Gasteiger partial charge in [-0.25, -0.2) is 4.79 Å². The number of amides is 1. The fraction of sp³-hybridized carbons (Fsp3) is 0.533. The number of carbonyl (C=O) groups excluding carboxylic acids is 1. The minimum Gasteiger partial charge on any atom is -0.494 e. The van der Waals surface area contributed by atoms with Gasteiger partial charge >= 0.3 is 12.1 Å². The number of hydrogen-bond donors (Lipinski definition) is 1. The van der Waals surface area contributed by atoms with Crippen LogP contribution in [0.25, 0.3) is 0 Å². The highest BCUT2D eigenvalue weighted by Gasteiger charge is 2.39. The first-order valence-electron chi connectivity index (χ1n) is 13.7. The molecule has 0 radical (unpaired) electrons. The minimum atomic E-state index is -5.08. The van der Waals surface area contributed by atoms with Gasteiger partial charge in [0.2, 0.25) is 0 Å². The van der Waals surface area contributed by atoms with E-state index in [0.717, 1.165) is 69.7 Å². The molecule has 39 heavy (non-hydrogen) atoms. The van der Waals surface area contributed by atoms with Crippen LogP contribution in [0.3, 0.4) is 0 Å². The molecule has 4 rings (SSSR count). The van der Waals surface area contributed by atoms with Crippen molar-refractivity contribution in [2.45, 2.75) is 65.1 Å². The summed E-state index contributed by atoms with van der Waals surface area (Å²) in [4.78, 5) is 26.5. The zero-order valence-electron chi connectivity index (χ0n) is 22.8. The van der Waals surface area contributed by atoms with E-state index in [4.69, 9.17) is 14.6 Å². The average molecular weight is 549 g/mol. The molecule has 2 aliphatic heterocycles. The van der Waals surface area contributed by atoms with Gasteiger partial charge in [-0.2, -0.15) is 13.2 Å². The maximum atomic E-state index is 13.0. The van der Waals surface area contributed by atoms with Gasteiger partial charge in [0.25, 0.3) is 5.91 Å². The van der Waals surface area contributed by atoms with Gasteiger partial charge in [0.05, 0.1) is 6.61 Å². The second-order valence-corrected chi connectivity index (χ2v) is 10.4. The molecular formula is C30H39F3N2O4. The number of para-hydroxylation sites is 1. The second kappa shape index (κ2) is 13.8. The zero-order chi connectivity index (χ0) is 28.5. The van der Waals surface area contributed by atoms with Gasteiger partial charge < -0.3 is 14.7 Å². The maximum absolute atomic E-state index is 13.0. The Hall–Kier alpha value is -3.07. The molecule has 2 aromatic carbocycles. The van der Waals surface area contributed by atoms with E-state index in [9.17, 15) is 18.0 Å². The molecule has 0 aromatic heterocycles. The van der Waals surface area contributed by atoms with E-state index in [-0.39, 0.29) is 5.91 Å². The average Bonchev–Trinajstić information content (AvgIpc) is 2.92. The monoisotopic (exact) mass is 548 g/mol. The molecular weight excluding hydrogens is 509 g/mol. The molecule has 1 N–H and O–H groups in total. The molecule has 1 amide bonds. The largest absolute Gasteiger partial charge is 0.494 e. The van der Waals surface area contributed by atoms with Crippen molar-refractivity contribution in [1.82, 2.24) is 9.80 Å². The number of carboxylic acid groups (broad SMARTS) is 1. The van der Waals surface area contributed by atoms with Crippen LogP contribution in [0.1, 0.15) is 67.4 Å². The lowest BCUT2D eigenvalue weighted by atomic mass is 9.71. The molecule has 1 spiro atoms. The summed E-state index contributed by atoms with van der Waals surface area (Å²) in [6.07, 6.45) is 1.87. The summed E-state index contributed by atoms with van der Waals surface area (Å²) in [5, 5.41) is 7.12. The number of ether oxygens (including phenoxy) is 1. The summed E-state index contributed by atoms with van der Waals surface area (Å²) in [5.41, 5.74) is 3.86. The maximum Gasteiger partial charge on any atom is 0.490 e. The number of nitrogens with zero attached hydrogens (tertiary/aromatic N) is 2. The topological polar surface area (TPSA) is 70.1 Å². The number of carboxylic acids is 1. The number of halogens is 3. The van der Waals surface area contributed by atoms with E-state index in [1.165, 1.54) is 24.0 Å². The van der Waals surface area contributed by atoms with Crippen LogP contribution in [0.15, 0.2) is 48.5 Å². The number of piperidine rings is 2. The molecule has 9 heteroatoms. The third-order valence-electron chi connectivity index (χ3n) is 7.68. The standard InChI is InChI=1S/C28H38N2O2.C2HF3O2/c1-3-7-23-10-12-24(13-11-23)27(31)30-20-16-28(17-21-30)14-18-29(19-15-28)22-25-8-5-6-9-26(25)32-4-2;3-2(4,5)1(6)7/h5-6,8-13H,3-4,7,14-22H2,1-2H3;(H,6,7). The highest BCUT2D eigenvalue weighted by Crippen LogP contribution is 2.42. The lowest BCUT2D eigenvalue weighted by Crippen LogP contribution is -2.48. The van der Waals surface area contributed by atoms with Crippen LogP contribution in [0.2, 0.25) is 0 Å². The van der Waals surface area contributed by atoms with Crippen molar-refractivity contribution >= 4 is 11.9 Å². The Kier molecular flexibility index (Phi) is 10.8. The van der Waals surface area contributed by atoms with Gasteiger partial charge in [-0.3, -0.25) is 9.69 Å². The van der Waals surface area contributed by atoms with Gasteiger partial charge in [0.1, 0.15) is 5.75 Å². The molecule has 0 unspecified atom stereocenters. The van der Waals surface area contributed by atoms with E-state index >= 15 is 0 Å². The number of carbonyl (C=O) groups is 2. The van der Waals surface area contributed by atoms with Crippen molar-refractivity contribution in [2.24, 2.45) is 5.41 Å². The van der Waals surface area contributed by atoms with Crippen LogP contribution in [-0.4, -0.2) is 65.7 Å². The first-order chi connectivity index (χ1) is 18.6. The Balaban J connectivity index is 0.000000532. The Bertz CT molecular complexity index is 1070. The number of alkyl halides is 3. The second-order valence-electron chi connectivity index (χ2n) is 10.4. The summed E-state index contributed by atoms with van der Waals surface area (Å²) in [6.45, 7) is 9.95. The van der Waals surface area contributed by atoms with Crippen LogP contribution < -0.4 is 4.74 Å². The van der Waals surface area contributed by atoms with Gasteiger partial charge in [0, 0.05) is 30.8 Å². The van der Waals surface area contributed by atoms with Gasteiger partial charge in [0.15, 0.2) is 0 Å². The van der Waals surface area contributed by atoms with Crippen molar-refractivity contribution in [1.29, 1.82) is 0 Å². The van der Waals surface area contributed by atoms with Crippen LogP contribution in [0, 0.1) is 5.41 Å². The summed E-state index contributed by atoms with van der Waals surface area (Å²) in [6, 6.07) is 16.7. The van der Waals surface area contributed by atoms with Crippen LogP contribution >= 0.6 is 0 Å². The quantitative estimate of drug-likeness (QED) is 0.447. The van der Waals surface area contributed by atoms with Crippen molar-refractivity contribution in [3.8, 4) is 5.75 Å². The highest BCUT2D eigenvalue weighted by molar-refractivity contribution is 5.94. The van der Waals surface area contributed by atoms with E-state index < -0.39 is 12.1 Å². The van der Waals surface area contributed by atoms with Gasteiger partial charge in [-0.05, 0) is 81.3 Å². The fourth-order valence-corrected chi connectivity index (χ4v) is 5.33. The molecule has 2 fully saturated rings. The summed E-state index contributed by atoms with van der Waals surface area (Å²) in [5.74, 6) is -1.54. The minimum absolute atomic E-state index is 0.202. The molecule has 0 bridgehead atoms. The van der Waals surface area contributed by atoms with Crippen molar-refractivity contribution in [3.63, 3.8) is 0 Å². The van der Waals surface area contributed by atoms with Gasteiger partial charge in [-0.1, -0.05) is 43.7 Å². The molecule has 2 aliphatic rings. The first kappa shape index (κ1) is 30.5. The predicted molar refractivity (Wildman–Crippen MR) is 144 cm³/mol. The molecule has 2 saturated heterocycles. The number of aliphatic carboxylic acids is 1.